The Morgan fingerprint density at radius 1 is 1.12 bits per heavy atom. The van der Waals surface area contributed by atoms with E-state index in [1.165, 1.54) is 0 Å². The van der Waals surface area contributed by atoms with Crippen LogP contribution in [-0.2, 0) is 24.1 Å². The van der Waals surface area contributed by atoms with Gasteiger partial charge in [-0.3, -0.25) is 9.69 Å². The fraction of sp³-hybridized carbons (Fsp3) is 0.538. The quantitative estimate of drug-likeness (QED) is 0.542. The van der Waals surface area contributed by atoms with Gasteiger partial charge < -0.3 is 9.84 Å². The number of halogens is 3. The lowest BCUT2D eigenvalue weighted by molar-refractivity contribution is -0.147. The molecule has 1 aromatic heterocycles. The number of pyridine rings is 1. The third kappa shape index (κ3) is 5.54. The lowest BCUT2D eigenvalue weighted by Crippen LogP contribution is -2.49. The van der Waals surface area contributed by atoms with Crippen molar-refractivity contribution in [2.24, 2.45) is 5.92 Å². The predicted molar refractivity (Wildman–Crippen MR) is 122 cm³/mol. The van der Waals surface area contributed by atoms with Gasteiger partial charge in [0.1, 0.15) is 18.1 Å². The Kier molecular flexibility index (Phi) is 7.17. The van der Waals surface area contributed by atoms with Crippen LogP contribution < -0.4 is 4.74 Å². The lowest BCUT2D eigenvalue weighted by atomic mass is 9.83. The first-order valence-corrected chi connectivity index (χ1v) is 11.9. The van der Waals surface area contributed by atoms with Gasteiger partial charge in [-0.15, -0.1) is 0 Å². The van der Waals surface area contributed by atoms with E-state index in [1.54, 1.807) is 12.1 Å². The summed E-state index contributed by atoms with van der Waals surface area (Å²) in [4.78, 5) is 17.0. The third-order valence-electron chi connectivity index (χ3n) is 6.89. The van der Waals surface area contributed by atoms with Gasteiger partial charge in [0.15, 0.2) is 0 Å². The van der Waals surface area contributed by atoms with Crippen molar-refractivity contribution in [1.29, 1.82) is 0 Å². The van der Waals surface area contributed by atoms with Crippen molar-refractivity contribution in [3.05, 3.63) is 57.9 Å². The van der Waals surface area contributed by atoms with Crippen molar-refractivity contribution in [3.8, 4) is 5.75 Å². The number of carboxylic acids is 1. The fourth-order valence-corrected chi connectivity index (χ4v) is 5.18. The summed E-state index contributed by atoms with van der Waals surface area (Å²) in [6.07, 6.45) is 0.0559. The average Bonchev–Trinajstić information content (AvgIpc) is 2.75. The number of benzene rings is 1. The van der Waals surface area contributed by atoms with E-state index >= 15 is 0 Å². The number of aromatic nitrogens is 1. The number of hydrogen-bond acceptors (Lipinski definition) is 4. The third-order valence-corrected chi connectivity index (χ3v) is 6.89. The molecule has 184 valence electrons. The first-order chi connectivity index (χ1) is 16.1. The van der Waals surface area contributed by atoms with Crippen LogP contribution in [0.2, 0.25) is 0 Å². The normalized spacial score (nSPS) is 18.0. The van der Waals surface area contributed by atoms with Crippen molar-refractivity contribution in [2.75, 3.05) is 13.1 Å². The molecule has 0 amide bonds. The number of ether oxygens (including phenoxy) is 1. The Balaban J connectivity index is 1.45. The van der Waals surface area contributed by atoms with Crippen molar-refractivity contribution in [1.82, 2.24) is 9.88 Å². The molecular formula is C26H31F3N2O3. The highest BCUT2D eigenvalue weighted by Crippen LogP contribution is 2.40. The SMILES string of the molecule is Cc1cc(CN2CC(C(=O)O)C2)cc(C)c1OCc1ccc(C2CCCCC2)c(C(F)(F)F)n1. The predicted octanol–water partition coefficient (Wildman–Crippen LogP) is 5.86. The van der Waals surface area contributed by atoms with Crippen LogP contribution in [0.15, 0.2) is 24.3 Å². The summed E-state index contributed by atoms with van der Waals surface area (Å²) >= 11 is 0. The Morgan fingerprint density at radius 3 is 2.35 bits per heavy atom. The summed E-state index contributed by atoms with van der Waals surface area (Å²) in [5, 5.41) is 9.03. The monoisotopic (exact) mass is 476 g/mol. The molecule has 34 heavy (non-hydrogen) atoms. The van der Waals surface area contributed by atoms with Crippen LogP contribution in [0.25, 0.3) is 0 Å². The van der Waals surface area contributed by atoms with Gasteiger partial charge in [-0.25, -0.2) is 4.98 Å². The summed E-state index contributed by atoms with van der Waals surface area (Å²) in [6, 6.07) is 7.21. The van der Waals surface area contributed by atoms with Crippen LogP contribution in [0.3, 0.4) is 0 Å². The molecule has 1 aromatic carbocycles. The van der Waals surface area contributed by atoms with E-state index in [0.717, 1.165) is 48.8 Å². The summed E-state index contributed by atoms with van der Waals surface area (Å²) in [7, 11) is 0. The zero-order chi connectivity index (χ0) is 24.5. The molecule has 5 nitrogen and oxygen atoms in total. The van der Waals surface area contributed by atoms with E-state index in [2.05, 4.69) is 9.88 Å². The first kappa shape index (κ1) is 24.5. The van der Waals surface area contributed by atoms with Gasteiger partial charge >= 0.3 is 12.1 Å². The number of carboxylic acid groups (broad SMARTS) is 1. The van der Waals surface area contributed by atoms with Crippen LogP contribution in [0, 0.1) is 19.8 Å². The van der Waals surface area contributed by atoms with Gasteiger partial charge in [-0.2, -0.15) is 13.2 Å². The zero-order valence-electron chi connectivity index (χ0n) is 19.6. The average molecular weight is 477 g/mol. The molecule has 1 aliphatic carbocycles. The van der Waals surface area contributed by atoms with Crippen molar-refractivity contribution in [2.45, 2.75) is 71.2 Å². The molecule has 0 spiro atoms. The van der Waals surface area contributed by atoms with E-state index in [0.29, 0.717) is 30.9 Å². The smallest absolute Gasteiger partial charge is 0.433 e. The molecule has 1 saturated heterocycles. The molecule has 0 atom stereocenters. The number of hydrogen-bond donors (Lipinski definition) is 1. The molecule has 2 heterocycles. The number of carbonyl (C=O) groups is 1. The molecule has 4 rings (SSSR count). The van der Waals surface area contributed by atoms with Crippen molar-refractivity contribution >= 4 is 5.97 Å². The van der Waals surface area contributed by atoms with Crippen molar-refractivity contribution < 1.29 is 27.8 Å². The molecule has 0 unspecified atom stereocenters. The van der Waals surface area contributed by atoms with E-state index in [9.17, 15) is 18.0 Å². The molecule has 1 N–H and O–H groups in total. The maximum atomic E-state index is 13.8. The molecule has 0 radical (unpaired) electrons. The summed E-state index contributed by atoms with van der Waals surface area (Å²) in [5.74, 6) is -0.505. The maximum Gasteiger partial charge on any atom is 0.433 e. The summed E-state index contributed by atoms with van der Waals surface area (Å²) in [6.45, 7) is 5.50. The van der Waals surface area contributed by atoms with E-state index < -0.39 is 17.8 Å². The van der Waals surface area contributed by atoms with Gasteiger partial charge in [0.2, 0.25) is 0 Å². The minimum Gasteiger partial charge on any atom is -0.487 e. The Bertz CT molecular complexity index is 1020. The minimum absolute atomic E-state index is 0.0402. The molecule has 2 fully saturated rings. The fourth-order valence-electron chi connectivity index (χ4n) is 5.18. The Labute approximate surface area is 197 Å². The Hall–Kier alpha value is -2.61. The number of alkyl halides is 3. The summed E-state index contributed by atoms with van der Waals surface area (Å²) < 4.78 is 47.3. The van der Waals surface area contributed by atoms with Gasteiger partial charge in [0, 0.05) is 19.6 Å². The maximum absolute atomic E-state index is 13.8. The molecule has 2 aliphatic rings. The number of aliphatic carboxylic acids is 1. The molecule has 1 aliphatic heterocycles. The topological polar surface area (TPSA) is 62.7 Å². The van der Waals surface area contributed by atoms with Crippen LogP contribution >= 0.6 is 0 Å². The highest BCUT2D eigenvalue weighted by molar-refractivity contribution is 5.71. The number of aryl methyl sites for hydroxylation is 2. The van der Waals surface area contributed by atoms with E-state index in [-0.39, 0.29) is 24.1 Å². The lowest BCUT2D eigenvalue weighted by Gasteiger charge is -2.36. The van der Waals surface area contributed by atoms with Crippen molar-refractivity contribution in [3.63, 3.8) is 0 Å². The van der Waals surface area contributed by atoms with E-state index in [4.69, 9.17) is 9.84 Å². The van der Waals surface area contributed by atoms with Crippen LogP contribution in [0.5, 0.6) is 5.75 Å². The zero-order valence-corrected chi connectivity index (χ0v) is 19.6. The second-order valence-electron chi connectivity index (χ2n) is 9.65. The van der Waals surface area contributed by atoms with Crippen LogP contribution in [0.1, 0.15) is 71.7 Å². The van der Waals surface area contributed by atoms with Gasteiger partial charge in [0.25, 0.3) is 0 Å². The standard InChI is InChI=1S/C26H31F3N2O3/c1-16-10-18(12-31-13-20(14-31)25(32)33)11-17(2)23(16)34-15-21-8-9-22(19-6-4-3-5-7-19)24(30-21)26(27,28)29/h8-11,19-20H,3-7,12-15H2,1-2H3,(H,32,33). The molecule has 0 bridgehead atoms. The number of likely N-dealkylation sites (tertiary alicyclic amines) is 1. The molecule has 8 heteroatoms. The van der Waals surface area contributed by atoms with Gasteiger partial charge in [-0.1, -0.05) is 37.5 Å². The molecule has 1 saturated carbocycles. The van der Waals surface area contributed by atoms with Gasteiger partial charge in [-0.05, 0) is 60.9 Å². The van der Waals surface area contributed by atoms with Crippen LogP contribution in [-0.4, -0.2) is 34.0 Å². The second kappa shape index (κ2) is 9.94. The number of nitrogens with zero attached hydrogens (tertiary/aromatic N) is 2. The molecule has 2 aromatic rings. The first-order valence-electron chi connectivity index (χ1n) is 11.9. The highest BCUT2D eigenvalue weighted by atomic mass is 19.4. The minimum atomic E-state index is -4.49. The van der Waals surface area contributed by atoms with E-state index in [1.807, 2.05) is 26.0 Å². The number of rotatable bonds is 7. The molecular weight excluding hydrogens is 445 g/mol. The Morgan fingerprint density at radius 2 is 1.76 bits per heavy atom. The summed E-state index contributed by atoms with van der Waals surface area (Å²) in [5.41, 5.74) is 2.62. The largest absolute Gasteiger partial charge is 0.487 e. The highest BCUT2D eigenvalue weighted by Gasteiger charge is 2.38. The van der Waals surface area contributed by atoms with Gasteiger partial charge in [0.05, 0.1) is 11.6 Å². The van der Waals surface area contributed by atoms with Crippen LogP contribution in [0.4, 0.5) is 13.2 Å². The second-order valence-corrected chi connectivity index (χ2v) is 9.65.